The molecule has 0 amide bonds. The number of rotatable bonds is 2. The molecule has 2 aromatic carbocycles. The van der Waals surface area contributed by atoms with Gasteiger partial charge in [-0.25, -0.2) is 4.39 Å². The average molecular weight is 336 g/mol. The van der Waals surface area contributed by atoms with Crippen molar-refractivity contribution in [1.29, 1.82) is 0 Å². The topological polar surface area (TPSA) is 35.2 Å². The molecule has 20 heavy (non-hydrogen) atoms. The Hall–Kier alpha value is -1.39. The lowest BCUT2D eigenvalue weighted by Gasteiger charge is -2.35. The van der Waals surface area contributed by atoms with E-state index < -0.39 is 5.54 Å². The Morgan fingerprint density at radius 2 is 2.05 bits per heavy atom. The third-order valence-corrected chi connectivity index (χ3v) is 4.13. The van der Waals surface area contributed by atoms with Crippen LogP contribution in [0, 0.1) is 5.82 Å². The first-order chi connectivity index (χ1) is 9.57. The van der Waals surface area contributed by atoms with E-state index in [1.165, 1.54) is 12.1 Å². The van der Waals surface area contributed by atoms with Gasteiger partial charge in [0.25, 0.3) is 0 Å². The summed E-state index contributed by atoms with van der Waals surface area (Å²) in [6.07, 6.45) is 1.31. The van der Waals surface area contributed by atoms with E-state index >= 15 is 0 Å². The van der Waals surface area contributed by atoms with Crippen LogP contribution in [0.4, 0.5) is 4.39 Å². The van der Waals surface area contributed by atoms with Gasteiger partial charge in [0, 0.05) is 16.5 Å². The number of para-hydroxylation sites is 1. The van der Waals surface area contributed by atoms with E-state index in [1.807, 2.05) is 30.3 Å². The van der Waals surface area contributed by atoms with E-state index in [2.05, 4.69) is 15.9 Å². The van der Waals surface area contributed by atoms with E-state index in [9.17, 15) is 4.39 Å². The lowest BCUT2D eigenvalue weighted by Crippen LogP contribution is -2.43. The van der Waals surface area contributed by atoms with Gasteiger partial charge in [-0.2, -0.15) is 0 Å². The largest absolute Gasteiger partial charge is 0.493 e. The number of hydrogen-bond acceptors (Lipinski definition) is 2. The molecule has 2 N–H and O–H groups in total. The fourth-order valence-corrected chi connectivity index (χ4v) is 3.26. The molecular formula is C16H15BrFNO. The third-order valence-electron chi connectivity index (χ3n) is 3.67. The molecule has 0 saturated carbocycles. The molecular weight excluding hydrogens is 321 g/mol. The molecule has 3 rings (SSSR count). The van der Waals surface area contributed by atoms with Crippen molar-refractivity contribution in [3.05, 3.63) is 63.9 Å². The molecule has 0 aliphatic carbocycles. The maximum absolute atomic E-state index is 13.5. The molecule has 0 radical (unpaired) electrons. The van der Waals surface area contributed by atoms with Crippen molar-refractivity contribution < 1.29 is 9.13 Å². The van der Waals surface area contributed by atoms with Crippen molar-refractivity contribution in [3.63, 3.8) is 0 Å². The number of ether oxygens (including phenoxy) is 1. The number of fused-ring (bicyclic) bond motifs is 1. The average Bonchev–Trinajstić information content (AvgIpc) is 2.37. The minimum absolute atomic E-state index is 0.252. The minimum Gasteiger partial charge on any atom is -0.493 e. The number of benzene rings is 2. The maximum atomic E-state index is 13.5. The van der Waals surface area contributed by atoms with Crippen LogP contribution in [0.5, 0.6) is 5.75 Å². The summed E-state index contributed by atoms with van der Waals surface area (Å²) in [5.74, 6) is 0.579. The first kappa shape index (κ1) is 13.6. The van der Waals surface area contributed by atoms with Crippen molar-refractivity contribution in [2.75, 3.05) is 6.61 Å². The summed E-state index contributed by atoms with van der Waals surface area (Å²) in [6.45, 7) is 0.587. The smallest absolute Gasteiger partial charge is 0.124 e. The van der Waals surface area contributed by atoms with Crippen LogP contribution in [-0.4, -0.2) is 6.61 Å². The quantitative estimate of drug-likeness (QED) is 0.906. The third kappa shape index (κ3) is 2.58. The highest BCUT2D eigenvalue weighted by Crippen LogP contribution is 2.37. The highest BCUT2D eigenvalue weighted by molar-refractivity contribution is 9.10. The molecule has 0 saturated heterocycles. The molecule has 1 aliphatic rings. The van der Waals surface area contributed by atoms with Crippen LogP contribution in [0.25, 0.3) is 0 Å². The summed E-state index contributed by atoms with van der Waals surface area (Å²) < 4.78 is 19.9. The summed E-state index contributed by atoms with van der Waals surface area (Å²) in [4.78, 5) is 0. The first-order valence-electron chi connectivity index (χ1n) is 6.53. The molecule has 104 valence electrons. The van der Waals surface area contributed by atoms with Crippen molar-refractivity contribution in [2.24, 2.45) is 5.73 Å². The number of hydrogen-bond donors (Lipinski definition) is 1. The number of halogens is 2. The van der Waals surface area contributed by atoms with E-state index in [0.717, 1.165) is 27.8 Å². The Balaban J connectivity index is 1.97. The van der Waals surface area contributed by atoms with Gasteiger partial charge < -0.3 is 10.5 Å². The lowest BCUT2D eigenvalue weighted by molar-refractivity contribution is 0.215. The van der Waals surface area contributed by atoms with E-state index in [4.69, 9.17) is 10.5 Å². The predicted molar refractivity (Wildman–Crippen MR) is 80.2 cm³/mol. The second kappa shape index (κ2) is 5.19. The van der Waals surface area contributed by atoms with Crippen molar-refractivity contribution in [1.82, 2.24) is 0 Å². The van der Waals surface area contributed by atoms with Crippen molar-refractivity contribution >= 4 is 15.9 Å². The molecule has 0 fully saturated rings. The van der Waals surface area contributed by atoms with Crippen LogP contribution >= 0.6 is 15.9 Å². The van der Waals surface area contributed by atoms with Crippen LogP contribution in [0.1, 0.15) is 17.5 Å². The lowest BCUT2D eigenvalue weighted by atomic mass is 9.80. The molecule has 1 aliphatic heterocycles. The van der Waals surface area contributed by atoms with Gasteiger partial charge in [-0.05, 0) is 36.2 Å². The highest BCUT2D eigenvalue weighted by atomic mass is 79.9. The summed E-state index contributed by atoms with van der Waals surface area (Å²) in [5, 5.41) is 0. The van der Waals surface area contributed by atoms with E-state index in [-0.39, 0.29) is 5.82 Å². The molecule has 2 aromatic rings. The number of nitrogens with two attached hydrogens (primary N) is 1. The van der Waals surface area contributed by atoms with Gasteiger partial charge in [-0.15, -0.1) is 0 Å². The Kier molecular flexibility index (Phi) is 3.52. The first-order valence-corrected chi connectivity index (χ1v) is 7.32. The van der Waals surface area contributed by atoms with Gasteiger partial charge in [0.05, 0.1) is 12.1 Å². The van der Waals surface area contributed by atoms with Crippen LogP contribution in [0.2, 0.25) is 0 Å². The van der Waals surface area contributed by atoms with Gasteiger partial charge in [-0.3, -0.25) is 0 Å². The Labute approximate surface area is 125 Å². The molecule has 1 heterocycles. The van der Waals surface area contributed by atoms with Gasteiger partial charge >= 0.3 is 0 Å². The normalized spacial score (nSPS) is 21.1. The monoisotopic (exact) mass is 335 g/mol. The summed E-state index contributed by atoms with van der Waals surface area (Å²) in [7, 11) is 0. The van der Waals surface area contributed by atoms with Gasteiger partial charge in [0.15, 0.2) is 0 Å². The standard InChI is InChI=1S/C16H15BrFNO/c17-12-7-11(8-13(18)9-12)10-16(19)5-6-20-15-4-2-1-3-14(15)16/h1-4,7-9H,5-6,10,19H2. The fraction of sp³-hybridized carbons (Fsp3) is 0.250. The Bertz CT molecular complexity index is 626. The fourth-order valence-electron chi connectivity index (χ4n) is 2.74. The Morgan fingerprint density at radius 3 is 2.85 bits per heavy atom. The van der Waals surface area contributed by atoms with Crippen LogP contribution < -0.4 is 10.5 Å². The maximum Gasteiger partial charge on any atom is 0.124 e. The zero-order chi connectivity index (χ0) is 14.2. The minimum atomic E-state index is -0.512. The zero-order valence-electron chi connectivity index (χ0n) is 10.9. The second-order valence-electron chi connectivity index (χ2n) is 5.21. The van der Waals surface area contributed by atoms with Crippen molar-refractivity contribution in [3.8, 4) is 5.75 Å². The molecule has 4 heteroatoms. The van der Waals surface area contributed by atoms with Crippen molar-refractivity contribution in [2.45, 2.75) is 18.4 Å². The zero-order valence-corrected chi connectivity index (χ0v) is 12.5. The van der Waals surface area contributed by atoms with Crippen LogP contribution in [-0.2, 0) is 12.0 Å². The van der Waals surface area contributed by atoms with Crippen LogP contribution in [0.3, 0.4) is 0 Å². The molecule has 0 spiro atoms. The van der Waals surface area contributed by atoms with Gasteiger partial charge in [0.1, 0.15) is 11.6 Å². The molecule has 0 aromatic heterocycles. The molecule has 1 unspecified atom stereocenters. The molecule has 2 nitrogen and oxygen atoms in total. The highest BCUT2D eigenvalue weighted by Gasteiger charge is 2.34. The van der Waals surface area contributed by atoms with E-state index in [0.29, 0.717) is 13.0 Å². The van der Waals surface area contributed by atoms with Crippen LogP contribution in [0.15, 0.2) is 46.9 Å². The Morgan fingerprint density at radius 1 is 1.25 bits per heavy atom. The predicted octanol–water partition coefficient (Wildman–Crippen LogP) is 3.77. The van der Waals surface area contributed by atoms with Gasteiger partial charge in [0.2, 0.25) is 0 Å². The second-order valence-corrected chi connectivity index (χ2v) is 6.12. The molecule has 1 atom stereocenters. The summed E-state index contributed by atoms with van der Waals surface area (Å²) >= 11 is 3.32. The van der Waals surface area contributed by atoms with Gasteiger partial charge in [-0.1, -0.05) is 34.1 Å². The molecule has 0 bridgehead atoms. The summed E-state index contributed by atoms with van der Waals surface area (Å²) in [5.41, 5.74) is 7.95. The van der Waals surface area contributed by atoms with E-state index in [1.54, 1.807) is 0 Å². The SMILES string of the molecule is NC1(Cc2cc(F)cc(Br)c2)CCOc2ccccc21. The summed E-state index contributed by atoms with van der Waals surface area (Å²) in [6, 6.07) is 12.7.